The van der Waals surface area contributed by atoms with E-state index in [0.717, 1.165) is 11.7 Å². The molecule has 1 aliphatic heterocycles. The van der Waals surface area contributed by atoms with Crippen molar-refractivity contribution in [1.82, 2.24) is 9.55 Å². The van der Waals surface area contributed by atoms with E-state index in [1.807, 2.05) is 4.98 Å². The SMILES string of the molecule is COc1c(N2CC3CC(F)(F)C(O)C3C2)c(F)c(C(F)F)c2c(=O)[nH]c(=O)n(C3CC3)c12. The summed E-state index contributed by atoms with van der Waals surface area (Å²) in [5, 5.41) is 9.32. The first kappa shape index (κ1) is 21.2. The second kappa shape index (κ2) is 6.93. The highest BCUT2D eigenvalue weighted by molar-refractivity contribution is 5.94. The second-order valence-corrected chi connectivity index (χ2v) is 8.73. The predicted octanol–water partition coefficient (Wildman–Crippen LogP) is 2.56. The molecule has 0 amide bonds. The zero-order valence-corrected chi connectivity index (χ0v) is 16.9. The summed E-state index contributed by atoms with van der Waals surface area (Å²) in [6.45, 7) is -0.324. The fraction of sp³-hybridized carbons (Fsp3) is 0.600. The topological polar surface area (TPSA) is 87.6 Å². The van der Waals surface area contributed by atoms with Gasteiger partial charge in [-0.05, 0) is 18.8 Å². The number of aromatic amines is 1. The molecule has 2 aliphatic carbocycles. The van der Waals surface area contributed by atoms with Gasteiger partial charge in [-0.1, -0.05) is 0 Å². The zero-order valence-electron chi connectivity index (χ0n) is 16.9. The average molecular weight is 461 g/mol. The summed E-state index contributed by atoms with van der Waals surface area (Å²) in [6, 6.07) is -0.363. The smallest absolute Gasteiger partial charge is 0.329 e. The Balaban J connectivity index is 1.78. The van der Waals surface area contributed by atoms with E-state index in [4.69, 9.17) is 4.74 Å². The van der Waals surface area contributed by atoms with Crippen LogP contribution in [0.3, 0.4) is 0 Å². The number of aromatic nitrogens is 2. The Morgan fingerprint density at radius 2 is 1.91 bits per heavy atom. The molecule has 2 heterocycles. The van der Waals surface area contributed by atoms with Crippen molar-refractivity contribution >= 4 is 16.6 Å². The van der Waals surface area contributed by atoms with E-state index >= 15 is 4.39 Å². The molecule has 3 aliphatic rings. The largest absolute Gasteiger partial charge is 0.492 e. The van der Waals surface area contributed by atoms with Crippen LogP contribution in [0.5, 0.6) is 5.75 Å². The standard InChI is InChI=1S/C20H20F5N3O4/c1-32-15-13-11(18(30)26-19(31)28(13)8-2-3-8)10(17(22)23)12(21)14(15)27-5-7-4-20(24,25)16(29)9(7)6-27/h7-9,16-17,29H,2-6H2,1H3,(H,26,30,31). The molecule has 12 heteroatoms. The summed E-state index contributed by atoms with van der Waals surface area (Å²) in [5.41, 5.74) is -3.81. The van der Waals surface area contributed by atoms with Gasteiger partial charge >= 0.3 is 5.69 Å². The van der Waals surface area contributed by atoms with E-state index in [9.17, 15) is 32.3 Å². The van der Waals surface area contributed by atoms with Gasteiger partial charge in [0.15, 0.2) is 11.6 Å². The predicted molar refractivity (Wildman–Crippen MR) is 103 cm³/mol. The van der Waals surface area contributed by atoms with Crippen molar-refractivity contribution in [3.8, 4) is 5.75 Å². The number of halogens is 5. The van der Waals surface area contributed by atoms with E-state index in [-0.39, 0.29) is 30.4 Å². The van der Waals surface area contributed by atoms with Crippen LogP contribution >= 0.6 is 0 Å². The first-order valence-corrected chi connectivity index (χ1v) is 10.2. The lowest BCUT2D eigenvalue weighted by Gasteiger charge is -2.27. The number of aliphatic hydroxyl groups excluding tert-OH is 1. The fourth-order valence-corrected chi connectivity index (χ4v) is 5.27. The highest BCUT2D eigenvalue weighted by atomic mass is 19.3. The molecule has 2 saturated carbocycles. The normalized spacial score (nSPS) is 26.9. The van der Waals surface area contributed by atoms with E-state index < -0.39 is 70.4 Å². The Hall–Kier alpha value is -2.63. The van der Waals surface area contributed by atoms with Crippen LogP contribution in [0.2, 0.25) is 0 Å². The summed E-state index contributed by atoms with van der Waals surface area (Å²) in [5.74, 6) is -6.53. The van der Waals surface area contributed by atoms with Crippen LogP contribution in [0.4, 0.5) is 27.6 Å². The minimum Gasteiger partial charge on any atom is -0.492 e. The molecule has 1 saturated heterocycles. The maximum Gasteiger partial charge on any atom is 0.329 e. The fourth-order valence-electron chi connectivity index (χ4n) is 5.27. The van der Waals surface area contributed by atoms with Gasteiger partial charge < -0.3 is 14.7 Å². The molecule has 3 fully saturated rings. The molecular weight excluding hydrogens is 441 g/mol. The van der Waals surface area contributed by atoms with Crippen LogP contribution in [0.25, 0.3) is 10.9 Å². The monoisotopic (exact) mass is 461 g/mol. The Morgan fingerprint density at radius 3 is 2.47 bits per heavy atom. The van der Waals surface area contributed by atoms with Gasteiger partial charge in [-0.25, -0.2) is 26.7 Å². The third-order valence-corrected chi connectivity index (χ3v) is 6.80. The highest BCUT2D eigenvalue weighted by Crippen LogP contribution is 2.51. The van der Waals surface area contributed by atoms with Crippen molar-refractivity contribution in [2.24, 2.45) is 11.8 Å². The molecule has 32 heavy (non-hydrogen) atoms. The number of H-pyrrole nitrogens is 1. The van der Waals surface area contributed by atoms with Crippen LogP contribution in [-0.2, 0) is 0 Å². The Labute approximate surface area is 177 Å². The molecule has 0 radical (unpaired) electrons. The third-order valence-electron chi connectivity index (χ3n) is 6.80. The molecule has 0 spiro atoms. The van der Waals surface area contributed by atoms with Crippen LogP contribution in [0, 0.1) is 17.7 Å². The number of hydrogen-bond acceptors (Lipinski definition) is 5. The van der Waals surface area contributed by atoms with E-state index in [1.165, 1.54) is 4.90 Å². The number of fused-ring (bicyclic) bond motifs is 2. The Kier molecular flexibility index (Phi) is 4.60. The van der Waals surface area contributed by atoms with Crippen molar-refractivity contribution < 1.29 is 31.8 Å². The number of anilines is 1. The van der Waals surface area contributed by atoms with Gasteiger partial charge in [0.05, 0.1) is 18.1 Å². The minimum atomic E-state index is -3.38. The summed E-state index contributed by atoms with van der Waals surface area (Å²) in [6.07, 6.45) is -4.80. The number of nitrogens with zero attached hydrogens (tertiary/aromatic N) is 2. The Morgan fingerprint density at radius 1 is 1.22 bits per heavy atom. The molecule has 1 aromatic heterocycles. The van der Waals surface area contributed by atoms with Gasteiger partial charge in [-0.3, -0.25) is 14.3 Å². The highest BCUT2D eigenvalue weighted by Gasteiger charge is 2.58. The van der Waals surface area contributed by atoms with E-state index in [1.54, 1.807) is 0 Å². The molecule has 0 bridgehead atoms. The summed E-state index contributed by atoms with van der Waals surface area (Å²) in [4.78, 5) is 28.3. The zero-order chi connectivity index (χ0) is 23.1. The van der Waals surface area contributed by atoms with Crippen LogP contribution in [0.1, 0.15) is 37.3 Å². The molecule has 3 unspecified atom stereocenters. The van der Waals surface area contributed by atoms with E-state index in [0.29, 0.717) is 12.8 Å². The number of methoxy groups -OCH3 is 1. The first-order valence-electron chi connectivity index (χ1n) is 10.2. The average Bonchev–Trinajstić information content (AvgIpc) is 3.42. The van der Waals surface area contributed by atoms with E-state index in [2.05, 4.69) is 0 Å². The number of rotatable bonds is 4. The molecule has 7 nitrogen and oxygen atoms in total. The van der Waals surface area contributed by atoms with Gasteiger partial charge in [0.25, 0.3) is 17.9 Å². The summed E-state index contributed by atoms with van der Waals surface area (Å²) >= 11 is 0. The van der Waals surface area contributed by atoms with Crippen molar-refractivity contribution in [2.75, 3.05) is 25.1 Å². The van der Waals surface area contributed by atoms with Crippen LogP contribution in [-0.4, -0.2) is 46.9 Å². The van der Waals surface area contributed by atoms with Gasteiger partial charge in [0.2, 0.25) is 0 Å². The number of ether oxygens (including phenoxy) is 1. The lowest BCUT2D eigenvalue weighted by atomic mass is 9.99. The van der Waals surface area contributed by atoms with Gasteiger partial charge in [-0.15, -0.1) is 0 Å². The molecular formula is C20H20F5N3O4. The summed E-state index contributed by atoms with van der Waals surface area (Å²) in [7, 11) is 1.16. The van der Waals surface area contributed by atoms with Crippen molar-refractivity contribution in [3.05, 3.63) is 32.2 Å². The maximum atomic E-state index is 15.6. The minimum absolute atomic E-state index is 0.115. The number of hydrogen-bond donors (Lipinski definition) is 2. The van der Waals surface area contributed by atoms with Crippen molar-refractivity contribution in [3.63, 3.8) is 0 Å². The molecule has 3 atom stereocenters. The number of nitrogens with one attached hydrogen (secondary N) is 1. The molecule has 5 rings (SSSR count). The quantitative estimate of drug-likeness (QED) is 0.684. The van der Waals surface area contributed by atoms with Gasteiger partial charge in [0, 0.05) is 31.5 Å². The number of benzene rings is 1. The van der Waals surface area contributed by atoms with Crippen LogP contribution in [0.15, 0.2) is 9.59 Å². The summed E-state index contributed by atoms with van der Waals surface area (Å²) < 4.78 is 77.8. The molecule has 1 aromatic carbocycles. The third kappa shape index (κ3) is 2.87. The van der Waals surface area contributed by atoms with Crippen LogP contribution < -0.4 is 20.9 Å². The molecule has 2 N–H and O–H groups in total. The lowest BCUT2D eigenvalue weighted by Crippen LogP contribution is -2.36. The number of alkyl halides is 4. The van der Waals surface area contributed by atoms with Gasteiger partial charge in [-0.2, -0.15) is 0 Å². The Bertz CT molecular complexity index is 1220. The van der Waals surface area contributed by atoms with Crippen molar-refractivity contribution in [2.45, 2.75) is 43.8 Å². The molecule has 2 aromatic rings. The maximum absolute atomic E-state index is 15.6. The molecule has 174 valence electrons. The number of aliphatic hydroxyl groups is 1. The van der Waals surface area contributed by atoms with Gasteiger partial charge in [0.1, 0.15) is 17.3 Å². The lowest BCUT2D eigenvalue weighted by molar-refractivity contribution is -0.0973. The first-order chi connectivity index (χ1) is 15.1. The van der Waals surface area contributed by atoms with Crippen molar-refractivity contribution in [1.29, 1.82) is 0 Å². The second-order valence-electron chi connectivity index (χ2n) is 8.73.